The Balaban J connectivity index is 1.60. The number of nitrogen functional groups attached to an aromatic ring is 1. The molecule has 1 heterocycles. The molecule has 0 aliphatic carbocycles. The van der Waals surface area contributed by atoms with E-state index in [1.54, 1.807) is 14.2 Å². The molecule has 2 aromatic carbocycles. The van der Waals surface area contributed by atoms with Gasteiger partial charge in [-0.05, 0) is 42.0 Å². The minimum atomic E-state index is 0.810. The second-order valence-corrected chi connectivity index (χ2v) is 6.08. The molecule has 0 aromatic heterocycles. The number of rotatable bonds is 5. The first-order valence-electron chi connectivity index (χ1n) is 8.23. The van der Waals surface area contributed by atoms with E-state index in [-0.39, 0.29) is 0 Å². The van der Waals surface area contributed by atoms with Gasteiger partial charge in [0.1, 0.15) is 11.5 Å². The summed E-state index contributed by atoms with van der Waals surface area (Å²) in [7, 11) is 3.37. The Morgan fingerprint density at radius 2 is 1.46 bits per heavy atom. The third-order valence-corrected chi connectivity index (χ3v) is 4.45. The van der Waals surface area contributed by atoms with Crippen molar-refractivity contribution in [3.63, 3.8) is 0 Å². The molecule has 1 saturated heterocycles. The van der Waals surface area contributed by atoms with Crippen LogP contribution in [0.1, 0.15) is 5.56 Å². The molecule has 1 aliphatic rings. The van der Waals surface area contributed by atoms with Gasteiger partial charge >= 0.3 is 0 Å². The molecule has 5 nitrogen and oxygen atoms in total. The van der Waals surface area contributed by atoms with Crippen molar-refractivity contribution in [3.05, 3.63) is 48.0 Å². The molecule has 0 atom stereocenters. The molecule has 128 valence electrons. The zero-order valence-corrected chi connectivity index (χ0v) is 14.4. The number of benzene rings is 2. The van der Waals surface area contributed by atoms with Gasteiger partial charge in [0.2, 0.25) is 0 Å². The van der Waals surface area contributed by atoms with E-state index >= 15 is 0 Å². The molecule has 0 bridgehead atoms. The summed E-state index contributed by atoms with van der Waals surface area (Å²) in [5.41, 5.74) is 9.03. The summed E-state index contributed by atoms with van der Waals surface area (Å²) in [6.07, 6.45) is 0. The van der Waals surface area contributed by atoms with Gasteiger partial charge in [0.05, 0.1) is 14.2 Å². The molecule has 5 heteroatoms. The van der Waals surface area contributed by atoms with Crippen molar-refractivity contribution >= 4 is 11.4 Å². The van der Waals surface area contributed by atoms with Crippen molar-refractivity contribution in [2.75, 3.05) is 51.0 Å². The first-order chi connectivity index (χ1) is 11.7. The van der Waals surface area contributed by atoms with Crippen LogP contribution >= 0.6 is 0 Å². The lowest BCUT2D eigenvalue weighted by Gasteiger charge is -2.36. The van der Waals surface area contributed by atoms with E-state index in [4.69, 9.17) is 15.2 Å². The average Bonchev–Trinajstić information content (AvgIpc) is 2.62. The van der Waals surface area contributed by atoms with Crippen LogP contribution in [-0.2, 0) is 6.54 Å². The van der Waals surface area contributed by atoms with Crippen LogP contribution in [0.5, 0.6) is 11.5 Å². The summed E-state index contributed by atoms with van der Waals surface area (Å²) in [5, 5.41) is 0. The van der Waals surface area contributed by atoms with Crippen LogP contribution in [-0.4, -0.2) is 45.3 Å². The molecular formula is C19H25N3O2. The molecule has 2 aromatic rings. The monoisotopic (exact) mass is 327 g/mol. The van der Waals surface area contributed by atoms with Crippen LogP contribution in [0.3, 0.4) is 0 Å². The molecule has 0 amide bonds. The second-order valence-electron chi connectivity index (χ2n) is 6.08. The van der Waals surface area contributed by atoms with E-state index in [1.807, 2.05) is 18.2 Å². The van der Waals surface area contributed by atoms with Gasteiger partial charge in [-0.3, -0.25) is 4.90 Å². The number of nitrogens with zero attached hydrogens (tertiary/aromatic N) is 2. The summed E-state index contributed by atoms with van der Waals surface area (Å²) in [5.74, 6) is 1.68. The van der Waals surface area contributed by atoms with Gasteiger partial charge in [-0.15, -0.1) is 0 Å². The summed E-state index contributed by atoms with van der Waals surface area (Å²) < 4.78 is 10.7. The maximum absolute atomic E-state index is 5.76. The molecule has 0 spiro atoms. The van der Waals surface area contributed by atoms with Gasteiger partial charge in [0, 0.05) is 50.2 Å². The maximum Gasteiger partial charge on any atom is 0.122 e. The van der Waals surface area contributed by atoms with Crippen molar-refractivity contribution < 1.29 is 9.47 Å². The fourth-order valence-corrected chi connectivity index (χ4v) is 3.07. The van der Waals surface area contributed by atoms with E-state index in [0.29, 0.717) is 0 Å². The highest BCUT2D eigenvalue weighted by molar-refractivity contribution is 5.53. The first-order valence-corrected chi connectivity index (χ1v) is 8.23. The largest absolute Gasteiger partial charge is 0.497 e. The predicted octanol–water partition coefficient (Wildman–Crippen LogP) is 2.61. The van der Waals surface area contributed by atoms with Crippen LogP contribution in [0.15, 0.2) is 42.5 Å². The van der Waals surface area contributed by atoms with Crippen LogP contribution in [0.25, 0.3) is 0 Å². The number of hydrogen-bond acceptors (Lipinski definition) is 5. The summed E-state index contributed by atoms with van der Waals surface area (Å²) >= 11 is 0. The fraction of sp³-hybridized carbons (Fsp3) is 0.368. The zero-order valence-electron chi connectivity index (χ0n) is 14.4. The van der Waals surface area contributed by atoms with E-state index in [9.17, 15) is 0 Å². The maximum atomic E-state index is 5.76. The Labute approximate surface area is 143 Å². The Bertz CT molecular complexity index is 643. The summed E-state index contributed by atoms with van der Waals surface area (Å²) in [4.78, 5) is 4.87. The van der Waals surface area contributed by atoms with E-state index in [0.717, 1.165) is 49.9 Å². The Morgan fingerprint density at radius 1 is 0.875 bits per heavy atom. The van der Waals surface area contributed by atoms with Crippen LogP contribution in [0.4, 0.5) is 11.4 Å². The second kappa shape index (κ2) is 7.45. The number of anilines is 2. The summed E-state index contributed by atoms with van der Waals surface area (Å²) in [6.45, 7) is 5.01. The third kappa shape index (κ3) is 3.92. The van der Waals surface area contributed by atoms with Crippen LogP contribution in [0, 0.1) is 0 Å². The number of nitrogens with two attached hydrogens (primary N) is 1. The van der Waals surface area contributed by atoms with E-state index in [2.05, 4.69) is 34.1 Å². The van der Waals surface area contributed by atoms with Crippen molar-refractivity contribution in [2.24, 2.45) is 0 Å². The van der Waals surface area contributed by atoms with Gasteiger partial charge in [-0.25, -0.2) is 0 Å². The number of piperazine rings is 1. The van der Waals surface area contributed by atoms with E-state index < -0.39 is 0 Å². The molecule has 0 radical (unpaired) electrons. The van der Waals surface area contributed by atoms with Gasteiger partial charge in [0.25, 0.3) is 0 Å². The number of ether oxygens (including phenoxy) is 2. The van der Waals surface area contributed by atoms with Crippen molar-refractivity contribution in [1.82, 2.24) is 4.90 Å². The highest BCUT2D eigenvalue weighted by Gasteiger charge is 2.17. The van der Waals surface area contributed by atoms with Crippen molar-refractivity contribution in [1.29, 1.82) is 0 Å². The molecular weight excluding hydrogens is 302 g/mol. The predicted molar refractivity (Wildman–Crippen MR) is 97.9 cm³/mol. The number of methoxy groups -OCH3 is 2. The van der Waals surface area contributed by atoms with Crippen LogP contribution in [0.2, 0.25) is 0 Å². The molecule has 1 fully saturated rings. The van der Waals surface area contributed by atoms with Gasteiger partial charge < -0.3 is 20.1 Å². The molecule has 3 rings (SSSR count). The lowest BCUT2D eigenvalue weighted by atomic mass is 10.1. The third-order valence-electron chi connectivity index (χ3n) is 4.45. The molecule has 0 saturated carbocycles. The zero-order chi connectivity index (χ0) is 16.9. The molecule has 2 N–H and O–H groups in total. The quantitative estimate of drug-likeness (QED) is 0.856. The van der Waals surface area contributed by atoms with Crippen LogP contribution < -0.4 is 20.1 Å². The normalized spacial score (nSPS) is 15.3. The molecule has 24 heavy (non-hydrogen) atoms. The minimum Gasteiger partial charge on any atom is -0.497 e. The smallest absolute Gasteiger partial charge is 0.122 e. The molecule has 1 aliphatic heterocycles. The highest BCUT2D eigenvalue weighted by Crippen LogP contribution is 2.24. The Hall–Kier alpha value is -2.40. The van der Waals surface area contributed by atoms with E-state index in [1.165, 1.54) is 11.3 Å². The van der Waals surface area contributed by atoms with Gasteiger partial charge in [0.15, 0.2) is 0 Å². The minimum absolute atomic E-state index is 0.810. The number of hydrogen-bond donors (Lipinski definition) is 1. The first kappa shape index (κ1) is 16.5. The lowest BCUT2D eigenvalue weighted by molar-refractivity contribution is 0.249. The summed E-state index contributed by atoms with van der Waals surface area (Å²) in [6, 6.07) is 14.2. The van der Waals surface area contributed by atoms with Crippen molar-refractivity contribution in [3.8, 4) is 11.5 Å². The lowest BCUT2D eigenvalue weighted by Crippen LogP contribution is -2.45. The van der Waals surface area contributed by atoms with Gasteiger partial charge in [-0.1, -0.05) is 0 Å². The SMILES string of the molecule is COc1cc(CN2CCN(c3ccc(N)cc3)CC2)cc(OC)c1. The average molecular weight is 327 g/mol. The topological polar surface area (TPSA) is 51.0 Å². The standard InChI is InChI=1S/C19H25N3O2/c1-23-18-11-15(12-19(13-18)24-2)14-21-7-9-22(10-8-21)17-5-3-16(20)4-6-17/h3-6,11-13H,7-10,14,20H2,1-2H3. The Morgan fingerprint density at radius 3 is 2.00 bits per heavy atom. The van der Waals surface area contributed by atoms with Crippen molar-refractivity contribution in [2.45, 2.75) is 6.54 Å². The van der Waals surface area contributed by atoms with Gasteiger partial charge in [-0.2, -0.15) is 0 Å². The fourth-order valence-electron chi connectivity index (χ4n) is 3.07. The highest BCUT2D eigenvalue weighted by atomic mass is 16.5. The Kier molecular flexibility index (Phi) is 5.11. The molecule has 0 unspecified atom stereocenters.